The van der Waals surface area contributed by atoms with Crippen molar-refractivity contribution >= 4 is 16.9 Å². The van der Waals surface area contributed by atoms with E-state index in [9.17, 15) is 14.7 Å². The molecule has 6 rings (SSSR count). The van der Waals surface area contributed by atoms with Crippen LogP contribution in [0.15, 0.2) is 23.0 Å². The highest BCUT2D eigenvalue weighted by Crippen LogP contribution is 2.43. The highest BCUT2D eigenvalue weighted by Gasteiger charge is 2.45. The normalized spacial score (nSPS) is 21.4. The fourth-order valence-corrected chi connectivity index (χ4v) is 5.29. The molecule has 0 aliphatic carbocycles. The Labute approximate surface area is 195 Å². The number of fused-ring (bicyclic) bond motifs is 6. The van der Waals surface area contributed by atoms with Crippen molar-refractivity contribution in [3.63, 3.8) is 0 Å². The molecule has 2 atom stereocenters. The van der Waals surface area contributed by atoms with Gasteiger partial charge in [0.1, 0.15) is 6.61 Å². The SMILES string of the molecule is CC[C@@]1(O)C(=O)OCc2c1cc1n(c2=O)Cc2c-1nc1cc3c(cc1c2[C@@H](C)N)OCCCO3. The summed E-state index contributed by atoms with van der Waals surface area (Å²) in [6.07, 6.45) is 0.883. The highest BCUT2D eigenvalue weighted by atomic mass is 16.6. The first-order chi connectivity index (χ1) is 16.3. The van der Waals surface area contributed by atoms with Crippen molar-refractivity contribution in [3.05, 3.63) is 50.8 Å². The Morgan fingerprint density at radius 1 is 1.15 bits per heavy atom. The van der Waals surface area contributed by atoms with Gasteiger partial charge in [-0.05, 0) is 31.0 Å². The molecule has 3 aliphatic rings. The third kappa shape index (κ3) is 2.77. The molecule has 0 bridgehead atoms. The second-order valence-corrected chi connectivity index (χ2v) is 9.11. The maximum absolute atomic E-state index is 13.5. The molecule has 0 spiro atoms. The Morgan fingerprint density at radius 3 is 2.59 bits per heavy atom. The van der Waals surface area contributed by atoms with Gasteiger partial charge in [-0.25, -0.2) is 9.78 Å². The predicted octanol–water partition coefficient (Wildman–Crippen LogP) is 2.26. The van der Waals surface area contributed by atoms with Gasteiger partial charge in [0.05, 0.1) is 42.2 Å². The zero-order chi connectivity index (χ0) is 23.8. The van der Waals surface area contributed by atoms with Crippen molar-refractivity contribution in [3.8, 4) is 22.9 Å². The summed E-state index contributed by atoms with van der Waals surface area (Å²) in [5.74, 6) is 0.533. The van der Waals surface area contributed by atoms with Crippen molar-refractivity contribution in [2.75, 3.05) is 13.2 Å². The lowest BCUT2D eigenvalue weighted by Gasteiger charge is -2.31. The molecular weight excluding hydrogens is 438 g/mol. The molecular formula is C25H25N3O6. The molecule has 0 radical (unpaired) electrons. The lowest BCUT2D eigenvalue weighted by Crippen LogP contribution is -2.44. The molecule has 1 aromatic carbocycles. The van der Waals surface area contributed by atoms with Gasteiger partial charge in [-0.3, -0.25) is 4.79 Å². The van der Waals surface area contributed by atoms with Gasteiger partial charge in [-0.1, -0.05) is 6.92 Å². The zero-order valence-corrected chi connectivity index (χ0v) is 19.0. The number of hydrogen-bond acceptors (Lipinski definition) is 8. The van der Waals surface area contributed by atoms with E-state index in [1.54, 1.807) is 17.6 Å². The molecule has 9 nitrogen and oxygen atoms in total. The molecule has 2 aromatic heterocycles. The minimum Gasteiger partial charge on any atom is -0.490 e. The van der Waals surface area contributed by atoms with Gasteiger partial charge in [-0.2, -0.15) is 0 Å². The van der Waals surface area contributed by atoms with Crippen LogP contribution in [0.25, 0.3) is 22.3 Å². The fraction of sp³-hybridized carbons (Fsp3) is 0.400. The van der Waals surface area contributed by atoms with Crippen LogP contribution in [0.3, 0.4) is 0 Å². The van der Waals surface area contributed by atoms with E-state index in [0.717, 1.165) is 22.9 Å². The summed E-state index contributed by atoms with van der Waals surface area (Å²) in [4.78, 5) is 30.8. The molecule has 0 fully saturated rings. The molecule has 176 valence electrons. The zero-order valence-electron chi connectivity index (χ0n) is 19.0. The van der Waals surface area contributed by atoms with Crippen LogP contribution in [0.4, 0.5) is 0 Å². The van der Waals surface area contributed by atoms with Crippen LogP contribution in [0, 0.1) is 0 Å². The van der Waals surface area contributed by atoms with Crippen molar-refractivity contribution in [2.45, 2.75) is 51.5 Å². The highest BCUT2D eigenvalue weighted by molar-refractivity contribution is 5.91. The van der Waals surface area contributed by atoms with Crippen LogP contribution in [-0.2, 0) is 28.3 Å². The second-order valence-electron chi connectivity index (χ2n) is 9.11. The maximum atomic E-state index is 13.5. The van der Waals surface area contributed by atoms with Crippen molar-refractivity contribution in [1.82, 2.24) is 9.55 Å². The number of rotatable bonds is 2. The van der Waals surface area contributed by atoms with E-state index in [1.807, 2.05) is 19.1 Å². The van der Waals surface area contributed by atoms with Crippen LogP contribution in [-0.4, -0.2) is 33.8 Å². The van der Waals surface area contributed by atoms with Gasteiger partial charge in [0.25, 0.3) is 5.56 Å². The lowest BCUT2D eigenvalue weighted by molar-refractivity contribution is -0.172. The molecule has 0 saturated carbocycles. The number of aliphatic hydroxyl groups is 1. The Balaban J connectivity index is 1.64. The number of aromatic nitrogens is 2. The Hall–Kier alpha value is -3.43. The standard InChI is InChI=1S/C25H25N3O6/c1-3-25(31)16-8-18-22-14(10-28(18)23(29)15(16)11-34-24(25)30)21(12(2)26)13-7-19-20(9-17(13)27-22)33-6-4-5-32-19/h7-9,12,31H,3-6,10-11,26H2,1-2H3/t12-,25+/m1/s1. The van der Waals surface area contributed by atoms with E-state index in [4.69, 9.17) is 24.9 Å². The van der Waals surface area contributed by atoms with Crippen LogP contribution in [0.1, 0.15) is 55.0 Å². The van der Waals surface area contributed by atoms with Crippen molar-refractivity contribution < 1.29 is 24.1 Å². The number of carbonyl (C=O) groups excluding carboxylic acids is 1. The summed E-state index contributed by atoms with van der Waals surface area (Å²) in [6, 6.07) is 5.14. The molecule has 9 heteroatoms. The van der Waals surface area contributed by atoms with Crippen LogP contribution in [0.5, 0.6) is 11.5 Å². The topological polar surface area (TPSA) is 126 Å². The van der Waals surface area contributed by atoms with Gasteiger partial charge >= 0.3 is 5.97 Å². The molecule has 34 heavy (non-hydrogen) atoms. The fourth-order valence-electron chi connectivity index (χ4n) is 5.29. The summed E-state index contributed by atoms with van der Waals surface area (Å²) in [5.41, 5.74) is 8.45. The van der Waals surface area contributed by atoms with E-state index < -0.39 is 11.6 Å². The van der Waals surface area contributed by atoms with Gasteiger partial charge in [0.15, 0.2) is 17.1 Å². The number of ether oxygens (including phenoxy) is 3. The summed E-state index contributed by atoms with van der Waals surface area (Å²) >= 11 is 0. The minimum atomic E-state index is -1.87. The van der Waals surface area contributed by atoms with Gasteiger partial charge in [-0.15, -0.1) is 0 Å². The molecule has 0 saturated heterocycles. The van der Waals surface area contributed by atoms with E-state index in [0.29, 0.717) is 59.3 Å². The third-order valence-electron chi connectivity index (χ3n) is 7.06. The summed E-state index contributed by atoms with van der Waals surface area (Å²) in [5, 5.41) is 11.9. The first kappa shape index (κ1) is 21.1. The van der Waals surface area contributed by atoms with Crippen LogP contribution >= 0.6 is 0 Å². The minimum absolute atomic E-state index is 0.0916. The molecule has 0 amide bonds. The number of carbonyl (C=O) groups is 1. The maximum Gasteiger partial charge on any atom is 0.343 e. The largest absolute Gasteiger partial charge is 0.490 e. The molecule has 0 unspecified atom stereocenters. The Bertz CT molecular complexity index is 1440. The van der Waals surface area contributed by atoms with Gasteiger partial charge in [0.2, 0.25) is 0 Å². The first-order valence-corrected chi connectivity index (χ1v) is 11.5. The van der Waals surface area contributed by atoms with Crippen molar-refractivity contribution in [2.24, 2.45) is 5.73 Å². The summed E-state index contributed by atoms with van der Waals surface area (Å²) in [6.45, 7) is 4.84. The molecule has 3 aliphatic heterocycles. The van der Waals surface area contributed by atoms with E-state index in [2.05, 4.69) is 0 Å². The first-order valence-electron chi connectivity index (χ1n) is 11.5. The average Bonchev–Trinajstić information content (AvgIpc) is 3.01. The number of hydrogen-bond donors (Lipinski definition) is 2. The van der Waals surface area contributed by atoms with Crippen LogP contribution < -0.4 is 20.8 Å². The van der Waals surface area contributed by atoms with E-state index in [1.165, 1.54) is 0 Å². The van der Waals surface area contributed by atoms with E-state index in [-0.39, 0.29) is 24.6 Å². The number of benzene rings is 1. The summed E-state index contributed by atoms with van der Waals surface area (Å²) < 4.78 is 18.5. The quantitative estimate of drug-likeness (QED) is 0.434. The molecule has 3 N–H and O–H groups in total. The number of pyridine rings is 2. The number of esters is 1. The van der Waals surface area contributed by atoms with Gasteiger partial charge < -0.3 is 29.6 Å². The average molecular weight is 463 g/mol. The lowest BCUT2D eigenvalue weighted by atomic mass is 9.86. The van der Waals surface area contributed by atoms with E-state index >= 15 is 0 Å². The molecule has 5 heterocycles. The monoisotopic (exact) mass is 463 g/mol. The Morgan fingerprint density at radius 2 is 1.88 bits per heavy atom. The Kier molecular flexibility index (Phi) is 4.53. The number of nitrogens with zero attached hydrogens (tertiary/aromatic N) is 2. The van der Waals surface area contributed by atoms with Crippen molar-refractivity contribution in [1.29, 1.82) is 0 Å². The van der Waals surface area contributed by atoms with Crippen LogP contribution in [0.2, 0.25) is 0 Å². The second kappa shape index (κ2) is 7.28. The number of cyclic esters (lactones) is 1. The predicted molar refractivity (Wildman–Crippen MR) is 123 cm³/mol. The van der Waals surface area contributed by atoms with Gasteiger partial charge in [0, 0.05) is 35.0 Å². The smallest absolute Gasteiger partial charge is 0.343 e. The number of nitrogens with two attached hydrogens (primary N) is 1. The third-order valence-corrected chi connectivity index (χ3v) is 7.06. The molecule has 3 aromatic rings. The summed E-state index contributed by atoms with van der Waals surface area (Å²) in [7, 11) is 0.